The molecule has 0 spiro atoms. The number of nitrogens with zero attached hydrogens (tertiary/aromatic N) is 4. The Hall–Kier alpha value is -2.51. The fourth-order valence-electron chi connectivity index (χ4n) is 2.65. The molecule has 0 saturated carbocycles. The topological polar surface area (TPSA) is 68.1 Å². The molecule has 6 nitrogen and oxygen atoms in total. The molecule has 130 valence electrons. The lowest BCUT2D eigenvalue weighted by atomic mass is 10.2. The van der Waals surface area contributed by atoms with Crippen molar-refractivity contribution in [2.45, 2.75) is 18.7 Å². The summed E-state index contributed by atoms with van der Waals surface area (Å²) in [5, 5.41) is 0. The summed E-state index contributed by atoms with van der Waals surface area (Å²) in [5.41, 5.74) is 2.37. The first-order chi connectivity index (χ1) is 12.1. The van der Waals surface area contributed by atoms with Crippen molar-refractivity contribution in [3.8, 4) is 16.9 Å². The van der Waals surface area contributed by atoms with Crippen LogP contribution in [0.1, 0.15) is 13.8 Å². The summed E-state index contributed by atoms with van der Waals surface area (Å²) in [5.74, 6) is 0. The van der Waals surface area contributed by atoms with Gasteiger partial charge in [0.2, 0.25) is 10.0 Å². The van der Waals surface area contributed by atoms with Crippen LogP contribution < -0.4 is 0 Å². The zero-order chi connectivity index (χ0) is 17.9. The lowest BCUT2D eigenvalue weighted by Crippen LogP contribution is -2.30. The van der Waals surface area contributed by atoms with Gasteiger partial charge in [0.1, 0.15) is 0 Å². The SMILES string of the molecule is CCN(CC)S(=O)(=O)c1cccc(-c2cn(-c3cccnc3)cn2)c1. The average molecular weight is 356 g/mol. The van der Waals surface area contributed by atoms with Gasteiger partial charge in [0.15, 0.2) is 0 Å². The Labute approximate surface area is 147 Å². The van der Waals surface area contributed by atoms with E-state index in [1.807, 2.05) is 42.8 Å². The molecular formula is C18H20N4O2S. The first-order valence-corrected chi connectivity index (χ1v) is 9.55. The highest BCUT2D eigenvalue weighted by molar-refractivity contribution is 7.89. The first kappa shape index (κ1) is 17.3. The number of hydrogen-bond donors (Lipinski definition) is 0. The average Bonchev–Trinajstić information content (AvgIpc) is 3.13. The summed E-state index contributed by atoms with van der Waals surface area (Å²) >= 11 is 0. The van der Waals surface area contributed by atoms with E-state index in [-0.39, 0.29) is 4.90 Å². The van der Waals surface area contributed by atoms with Gasteiger partial charge in [-0.15, -0.1) is 0 Å². The van der Waals surface area contributed by atoms with Crippen LogP contribution >= 0.6 is 0 Å². The maximum atomic E-state index is 12.7. The highest BCUT2D eigenvalue weighted by Gasteiger charge is 2.22. The van der Waals surface area contributed by atoms with Crippen LogP contribution in [0.5, 0.6) is 0 Å². The Balaban J connectivity index is 1.97. The number of benzene rings is 1. The van der Waals surface area contributed by atoms with Gasteiger partial charge in [-0.2, -0.15) is 4.31 Å². The summed E-state index contributed by atoms with van der Waals surface area (Å²) in [6, 6.07) is 10.7. The highest BCUT2D eigenvalue weighted by atomic mass is 32.2. The summed E-state index contributed by atoms with van der Waals surface area (Å²) in [6.07, 6.45) is 7.01. The minimum Gasteiger partial charge on any atom is -0.304 e. The molecule has 0 amide bonds. The van der Waals surface area contributed by atoms with Crippen molar-refractivity contribution in [2.24, 2.45) is 0 Å². The van der Waals surface area contributed by atoms with E-state index in [4.69, 9.17) is 0 Å². The van der Waals surface area contributed by atoms with Gasteiger partial charge in [-0.25, -0.2) is 13.4 Å². The molecule has 0 atom stereocenters. The van der Waals surface area contributed by atoms with Gasteiger partial charge in [-0.3, -0.25) is 4.98 Å². The Morgan fingerprint density at radius 1 is 1.12 bits per heavy atom. The fourth-order valence-corrected chi connectivity index (χ4v) is 4.15. The monoisotopic (exact) mass is 356 g/mol. The van der Waals surface area contributed by atoms with Crippen molar-refractivity contribution >= 4 is 10.0 Å². The second-order valence-electron chi connectivity index (χ2n) is 5.49. The molecule has 0 aliphatic rings. The third-order valence-electron chi connectivity index (χ3n) is 4.00. The molecule has 0 bridgehead atoms. The van der Waals surface area contributed by atoms with E-state index in [1.165, 1.54) is 4.31 Å². The Bertz CT molecular complexity index is 948. The van der Waals surface area contributed by atoms with E-state index in [0.717, 1.165) is 11.3 Å². The van der Waals surface area contributed by atoms with Gasteiger partial charge in [0, 0.05) is 31.0 Å². The largest absolute Gasteiger partial charge is 0.304 e. The molecule has 1 aromatic carbocycles. The van der Waals surface area contributed by atoms with Gasteiger partial charge in [0.05, 0.1) is 28.8 Å². The fraction of sp³-hybridized carbons (Fsp3) is 0.222. The van der Waals surface area contributed by atoms with Crippen molar-refractivity contribution < 1.29 is 8.42 Å². The number of aromatic nitrogens is 3. The van der Waals surface area contributed by atoms with Crippen LogP contribution in [0, 0.1) is 0 Å². The van der Waals surface area contributed by atoms with E-state index in [2.05, 4.69) is 9.97 Å². The molecule has 2 aromatic heterocycles. The molecule has 0 aliphatic carbocycles. The Morgan fingerprint density at radius 3 is 2.60 bits per heavy atom. The lowest BCUT2D eigenvalue weighted by molar-refractivity contribution is 0.445. The van der Waals surface area contributed by atoms with Gasteiger partial charge in [-0.05, 0) is 24.3 Å². The quantitative estimate of drug-likeness (QED) is 0.681. The predicted molar refractivity (Wildman–Crippen MR) is 96.9 cm³/mol. The van der Waals surface area contributed by atoms with Crippen molar-refractivity contribution in [1.29, 1.82) is 0 Å². The molecule has 0 fully saturated rings. The molecule has 3 aromatic rings. The molecule has 2 heterocycles. The van der Waals surface area contributed by atoms with Crippen LogP contribution in [-0.4, -0.2) is 40.3 Å². The number of pyridine rings is 1. The second-order valence-corrected chi connectivity index (χ2v) is 7.43. The molecule has 25 heavy (non-hydrogen) atoms. The van der Waals surface area contributed by atoms with Crippen LogP contribution in [0.4, 0.5) is 0 Å². The first-order valence-electron chi connectivity index (χ1n) is 8.11. The second kappa shape index (κ2) is 7.16. The maximum absolute atomic E-state index is 12.7. The molecule has 0 aliphatic heterocycles. The number of rotatable bonds is 6. The molecule has 3 rings (SSSR count). The third kappa shape index (κ3) is 3.47. The normalized spacial score (nSPS) is 11.8. The zero-order valence-electron chi connectivity index (χ0n) is 14.2. The minimum absolute atomic E-state index is 0.282. The predicted octanol–water partition coefficient (Wildman–Crippen LogP) is 2.96. The summed E-state index contributed by atoms with van der Waals surface area (Å²) in [7, 11) is -3.49. The summed E-state index contributed by atoms with van der Waals surface area (Å²) < 4.78 is 28.7. The molecule has 0 N–H and O–H groups in total. The van der Waals surface area contributed by atoms with Crippen LogP contribution in [0.15, 0.2) is 66.2 Å². The van der Waals surface area contributed by atoms with E-state index in [0.29, 0.717) is 18.8 Å². The summed E-state index contributed by atoms with van der Waals surface area (Å²) in [4.78, 5) is 8.77. The van der Waals surface area contributed by atoms with E-state index >= 15 is 0 Å². The third-order valence-corrected chi connectivity index (χ3v) is 6.05. The van der Waals surface area contributed by atoms with Crippen LogP contribution in [0.2, 0.25) is 0 Å². The van der Waals surface area contributed by atoms with Crippen molar-refractivity contribution in [3.05, 3.63) is 61.3 Å². The van der Waals surface area contributed by atoms with Gasteiger partial charge < -0.3 is 4.57 Å². The minimum atomic E-state index is -3.49. The lowest BCUT2D eigenvalue weighted by Gasteiger charge is -2.18. The van der Waals surface area contributed by atoms with Crippen molar-refractivity contribution in [2.75, 3.05) is 13.1 Å². The van der Waals surface area contributed by atoms with Crippen LogP contribution in [0.3, 0.4) is 0 Å². The number of imidazole rings is 1. The standard InChI is InChI=1S/C18H20N4O2S/c1-3-22(4-2)25(23,24)17-9-5-7-15(11-17)18-13-21(14-20-18)16-8-6-10-19-12-16/h5-14H,3-4H2,1-2H3. The highest BCUT2D eigenvalue weighted by Crippen LogP contribution is 2.24. The molecule has 0 radical (unpaired) electrons. The molecule has 0 saturated heterocycles. The molecule has 7 heteroatoms. The number of sulfonamides is 1. The number of hydrogen-bond acceptors (Lipinski definition) is 4. The Kier molecular flexibility index (Phi) is 4.96. The van der Waals surface area contributed by atoms with Gasteiger partial charge >= 0.3 is 0 Å². The van der Waals surface area contributed by atoms with Crippen LogP contribution in [-0.2, 0) is 10.0 Å². The van der Waals surface area contributed by atoms with Crippen LogP contribution in [0.25, 0.3) is 16.9 Å². The van der Waals surface area contributed by atoms with Crippen molar-refractivity contribution in [1.82, 2.24) is 18.8 Å². The zero-order valence-corrected chi connectivity index (χ0v) is 15.0. The van der Waals surface area contributed by atoms with E-state index in [1.54, 1.807) is 36.9 Å². The van der Waals surface area contributed by atoms with E-state index < -0.39 is 10.0 Å². The molecular weight excluding hydrogens is 336 g/mol. The smallest absolute Gasteiger partial charge is 0.243 e. The van der Waals surface area contributed by atoms with Gasteiger partial charge in [0.25, 0.3) is 0 Å². The Morgan fingerprint density at radius 2 is 1.92 bits per heavy atom. The summed E-state index contributed by atoms with van der Waals surface area (Å²) in [6.45, 7) is 4.55. The maximum Gasteiger partial charge on any atom is 0.243 e. The molecule has 0 unspecified atom stereocenters. The van der Waals surface area contributed by atoms with E-state index in [9.17, 15) is 8.42 Å². The van der Waals surface area contributed by atoms with Crippen molar-refractivity contribution in [3.63, 3.8) is 0 Å². The van der Waals surface area contributed by atoms with Gasteiger partial charge in [-0.1, -0.05) is 26.0 Å².